The van der Waals surface area contributed by atoms with E-state index in [4.69, 9.17) is 0 Å². The van der Waals surface area contributed by atoms with Gasteiger partial charge in [-0.25, -0.2) is 4.99 Å². The molecule has 0 spiro atoms. The van der Waals surface area contributed by atoms with Crippen LogP contribution in [0.2, 0.25) is 0 Å². The number of amidine groups is 1. The Labute approximate surface area is 86.7 Å². The molecule has 3 aliphatic rings. The lowest BCUT2D eigenvalue weighted by molar-refractivity contribution is 0.763. The maximum atomic E-state index is 4.56. The maximum Gasteiger partial charge on any atom is 0.176 e. The minimum absolute atomic E-state index is 1.03. The topological polar surface area (TPSA) is 15.6 Å². The predicted molar refractivity (Wildman–Crippen MR) is 60.5 cm³/mol. The van der Waals surface area contributed by atoms with Crippen LogP contribution in [0.5, 0.6) is 0 Å². The van der Waals surface area contributed by atoms with Crippen molar-refractivity contribution in [2.24, 2.45) is 4.99 Å². The second-order valence-corrected chi connectivity index (χ2v) is 3.96. The zero-order valence-electron chi connectivity index (χ0n) is 7.42. The molecule has 0 amide bonds. The van der Waals surface area contributed by atoms with Gasteiger partial charge in [-0.3, -0.25) is 0 Å². The van der Waals surface area contributed by atoms with Crippen LogP contribution in [0.15, 0.2) is 64.5 Å². The Balaban J connectivity index is 2.10. The molecule has 0 aromatic heterocycles. The largest absolute Gasteiger partial charge is 0.302 e. The van der Waals surface area contributed by atoms with Crippen molar-refractivity contribution in [2.75, 3.05) is 0 Å². The summed E-state index contributed by atoms with van der Waals surface area (Å²) in [6, 6.07) is 0. The normalized spacial score (nSPS) is 22.3. The van der Waals surface area contributed by atoms with Gasteiger partial charge in [0.05, 0.1) is 5.70 Å². The number of allylic oxidation sites excluding steroid dienone is 5. The summed E-state index contributed by atoms with van der Waals surface area (Å²) in [5.41, 5.74) is 2.20. The number of thioether (sulfide) groups is 1. The van der Waals surface area contributed by atoms with Gasteiger partial charge in [-0.1, -0.05) is 36.1 Å². The highest BCUT2D eigenvalue weighted by Crippen LogP contribution is 2.30. The van der Waals surface area contributed by atoms with E-state index in [1.54, 1.807) is 11.8 Å². The molecule has 0 unspecified atom stereocenters. The molecule has 0 atom stereocenters. The van der Waals surface area contributed by atoms with Crippen LogP contribution in [0.3, 0.4) is 0 Å². The SMILES string of the molecule is C1=CC=C2N=C3SC=CN3C=C2C=C1. The fraction of sp³-hybridized carbons (Fsp3) is 0. The molecule has 2 nitrogen and oxygen atoms in total. The number of fused-ring (bicyclic) bond motifs is 2. The van der Waals surface area contributed by atoms with E-state index in [-0.39, 0.29) is 0 Å². The second-order valence-electron chi connectivity index (χ2n) is 3.09. The van der Waals surface area contributed by atoms with E-state index in [0.29, 0.717) is 0 Å². The summed E-state index contributed by atoms with van der Waals surface area (Å²) in [4.78, 5) is 6.61. The van der Waals surface area contributed by atoms with Gasteiger partial charge in [-0.05, 0) is 11.5 Å². The lowest BCUT2D eigenvalue weighted by atomic mass is 10.2. The molecule has 0 saturated heterocycles. The van der Waals surface area contributed by atoms with Crippen LogP contribution >= 0.6 is 11.8 Å². The zero-order valence-corrected chi connectivity index (χ0v) is 8.24. The van der Waals surface area contributed by atoms with Crippen molar-refractivity contribution in [1.29, 1.82) is 0 Å². The number of hydrogen-bond acceptors (Lipinski definition) is 3. The highest BCUT2D eigenvalue weighted by atomic mass is 32.2. The van der Waals surface area contributed by atoms with Crippen molar-refractivity contribution in [1.82, 2.24) is 4.90 Å². The molecule has 2 heterocycles. The van der Waals surface area contributed by atoms with Crippen LogP contribution < -0.4 is 0 Å². The Bertz CT molecular complexity index is 450. The summed E-state index contributed by atoms with van der Waals surface area (Å²) in [7, 11) is 0. The number of rotatable bonds is 0. The first kappa shape index (κ1) is 7.88. The average molecular weight is 200 g/mol. The molecule has 0 radical (unpaired) electrons. The minimum atomic E-state index is 1.03. The first-order valence-electron chi connectivity index (χ1n) is 4.41. The molecule has 0 N–H and O–H groups in total. The van der Waals surface area contributed by atoms with Crippen LogP contribution in [-0.4, -0.2) is 10.1 Å². The molecule has 1 aliphatic carbocycles. The van der Waals surface area contributed by atoms with Crippen LogP contribution in [0.1, 0.15) is 0 Å². The Morgan fingerprint density at radius 3 is 3.21 bits per heavy atom. The monoisotopic (exact) mass is 200 g/mol. The minimum Gasteiger partial charge on any atom is -0.302 e. The Kier molecular flexibility index (Phi) is 1.70. The molecule has 0 aromatic rings. The van der Waals surface area contributed by atoms with E-state index in [1.165, 1.54) is 0 Å². The number of nitrogens with zero attached hydrogens (tertiary/aromatic N) is 2. The van der Waals surface area contributed by atoms with Crippen LogP contribution in [0.4, 0.5) is 0 Å². The smallest absolute Gasteiger partial charge is 0.176 e. The van der Waals surface area contributed by atoms with Gasteiger partial charge in [-0.15, -0.1) is 0 Å². The second kappa shape index (κ2) is 3.03. The molecule has 0 saturated carbocycles. The van der Waals surface area contributed by atoms with Crippen LogP contribution in [0, 0.1) is 0 Å². The van der Waals surface area contributed by atoms with Gasteiger partial charge in [-0.2, -0.15) is 0 Å². The van der Waals surface area contributed by atoms with E-state index >= 15 is 0 Å². The third-order valence-electron chi connectivity index (χ3n) is 2.16. The van der Waals surface area contributed by atoms with Gasteiger partial charge in [0.15, 0.2) is 5.17 Å². The molecule has 0 aromatic carbocycles. The molecule has 68 valence electrons. The Morgan fingerprint density at radius 2 is 2.21 bits per heavy atom. The van der Waals surface area contributed by atoms with E-state index in [1.807, 2.05) is 40.8 Å². The summed E-state index contributed by atoms with van der Waals surface area (Å²) < 4.78 is 0. The van der Waals surface area contributed by atoms with Gasteiger partial charge in [0.1, 0.15) is 0 Å². The van der Waals surface area contributed by atoms with Crippen molar-refractivity contribution in [3.8, 4) is 0 Å². The molecule has 0 bridgehead atoms. The summed E-state index contributed by atoms with van der Waals surface area (Å²) in [5, 5.41) is 3.07. The van der Waals surface area contributed by atoms with E-state index in [2.05, 4.69) is 17.3 Å². The van der Waals surface area contributed by atoms with Crippen LogP contribution in [-0.2, 0) is 0 Å². The van der Waals surface area contributed by atoms with E-state index in [0.717, 1.165) is 16.4 Å². The lowest BCUT2D eigenvalue weighted by Gasteiger charge is -2.18. The van der Waals surface area contributed by atoms with E-state index in [9.17, 15) is 0 Å². The number of hydrogen-bond donors (Lipinski definition) is 0. The molecule has 3 heteroatoms. The standard InChI is InChI=1S/C11H8N2S/c1-2-4-9-8-13-6-7-14-11(13)12-10(9)5-3-1/h1-8H. The van der Waals surface area contributed by atoms with E-state index < -0.39 is 0 Å². The van der Waals surface area contributed by atoms with Crippen LogP contribution in [0.25, 0.3) is 0 Å². The van der Waals surface area contributed by atoms with Crippen molar-refractivity contribution in [3.05, 3.63) is 59.5 Å². The highest BCUT2D eigenvalue weighted by molar-refractivity contribution is 8.16. The van der Waals surface area contributed by atoms with Gasteiger partial charge in [0.25, 0.3) is 0 Å². The quantitative estimate of drug-likeness (QED) is 0.597. The van der Waals surface area contributed by atoms with Crippen molar-refractivity contribution >= 4 is 16.9 Å². The lowest BCUT2D eigenvalue weighted by Crippen LogP contribution is -2.17. The summed E-state index contributed by atoms with van der Waals surface area (Å²) in [6.45, 7) is 0. The summed E-state index contributed by atoms with van der Waals surface area (Å²) >= 11 is 1.65. The van der Waals surface area contributed by atoms with Crippen molar-refractivity contribution in [3.63, 3.8) is 0 Å². The fourth-order valence-corrected chi connectivity index (χ4v) is 2.18. The fourth-order valence-electron chi connectivity index (χ4n) is 1.48. The number of aliphatic imine (C=N–C) groups is 1. The Morgan fingerprint density at radius 1 is 1.21 bits per heavy atom. The Hall–Kier alpha value is -1.48. The molecule has 14 heavy (non-hydrogen) atoms. The van der Waals surface area contributed by atoms with Gasteiger partial charge < -0.3 is 4.90 Å². The molecule has 0 fully saturated rings. The first-order valence-corrected chi connectivity index (χ1v) is 5.29. The maximum absolute atomic E-state index is 4.56. The van der Waals surface area contributed by atoms with Gasteiger partial charge >= 0.3 is 0 Å². The average Bonchev–Trinajstić information content (AvgIpc) is 2.51. The van der Waals surface area contributed by atoms with Gasteiger partial charge in [0.2, 0.25) is 0 Å². The van der Waals surface area contributed by atoms with Gasteiger partial charge in [0, 0.05) is 18.0 Å². The third kappa shape index (κ3) is 1.17. The first-order chi connectivity index (χ1) is 6.93. The highest BCUT2D eigenvalue weighted by Gasteiger charge is 2.19. The van der Waals surface area contributed by atoms with Crippen molar-refractivity contribution in [2.45, 2.75) is 0 Å². The molecule has 2 aliphatic heterocycles. The summed E-state index contributed by atoms with van der Waals surface area (Å²) in [6.07, 6.45) is 14.3. The predicted octanol–water partition coefficient (Wildman–Crippen LogP) is 2.77. The zero-order chi connectivity index (χ0) is 9.38. The third-order valence-corrected chi connectivity index (χ3v) is 2.93. The summed E-state index contributed by atoms with van der Waals surface area (Å²) in [5.74, 6) is 0. The molecular weight excluding hydrogens is 192 g/mol. The molecular formula is C11H8N2S. The van der Waals surface area contributed by atoms with Crippen molar-refractivity contribution < 1.29 is 0 Å². The molecule has 3 rings (SSSR count).